The van der Waals surface area contributed by atoms with Gasteiger partial charge in [0.25, 0.3) is 0 Å². The topological polar surface area (TPSA) is 78.9 Å². The van der Waals surface area contributed by atoms with Crippen molar-refractivity contribution < 1.29 is 28.6 Å². The zero-order valence-corrected chi connectivity index (χ0v) is 48.3. The third kappa shape index (κ3) is 55.7. The van der Waals surface area contributed by atoms with Gasteiger partial charge in [0.2, 0.25) is 0 Å². The van der Waals surface area contributed by atoms with Crippen molar-refractivity contribution in [1.29, 1.82) is 0 Å². The Morgan fingerprint density at radius 3 is 0.743 bits per heavy atom. The molecular weight excluding hydrogens is 865 g/mol. The van der Waals surface area contributed by atoms with Crippen LogP contribution in [0.5, 0.6) is 0 Å². The largest absolute Gasteiger partial charge is 0.462 e. The number of rotatable bonds is 57. The van der Waals surface area contributed by atoms with Gasteiger partial charge in [-0.1, -0.05) is 318 Å². The van der Waals surface area contributed by atoms with Gasteiger partial charge >= 0.3 is 17.9 Å². The summed E-state index contributed by atoms with van der Waals surface area (Å²) in [5.74, 6) is 1.73. The average Bonchev–Trinajstić information content (AvgIpc) is 3.33. The van der Waals surface area contributed by atoms with E-state index in [1.54, 1.807) is 0 Å². The van der Waals surface area contributed by atoms with Crippen molar-refractivity contribution in [2.45, 2.75) is 362 Å². The molecule has 0 heterocycles. The number of unbranched alkanes of at least 4 members (excludes halogenated alkanes) is 39. The summed E-state index contributed by atoms with van der Waals surface area (Å²) in [4.78, 5) is 38.3. The van der Waals surface area contributed by atoms with Crippen molar-refractivity contribution in [3.63, 3.8) is 0 Å². The minimum Gasteiger partial charge on any atom is -0.462 e. The van der Waals surface area contributed by atoms with Crippen LogP contribution in [0.15, 0.2) is 0 Å². The van der Waals surface area contributed by atoms with Crippen molar-refractivity contribution in [3.8, 4) is 0 Å². The van der Waals surface area contributed by atoms with E-state index in [0.29, 0.717) is 19.3 Å². The Hall–Kier alpha value is -1.59. The van der Waals surface area contributed by atoms with E-state index in [9.17, 15) is 14.4 Å². The molecule has 6 heteroatoms. The smallest absolute Gasteiger partial charge is 0.306 e. The highest BCUT2D eigenvalue weighted by atomic mass is 16.6. The fourth-order valence-electron chi connectivity index (χ4n) is 9.85. The average molecular weight is 990 g/mol. The third-order valence-corrected chi connectivity index (χ3v) is 15.0. The molecule has 0 amide bonds. The normalized spacial score (nSPS) is 12.5. The van der Waals surface area contributed by atoms with Crippen LogP contribution >= 0.6 is 0 Å². The van der Waals surface area contributed by atoms with Gasteiger partial charge in [-0.15, -0.1) is 0 Å². The molecule has 0 saturated heterocycles. The predicted molar refractivity (Wildman–Crippen MR) is 303 cm³/mol. The molecule has 0 aliphatic heterocycles. The van der Waals surface area contributed by atoms with E-state index in [1.807, 2.05) is 0 Å². The lowest BCUT2D eigenvalue weighted by molar-refractivity contribution is -0.167. The number of esters is 3. The lowest BCUT2D eigenvalue weighted by Crippen LogP contribution is -2.30. The maximum Gasteiger partial charge on any atom is 0.306 e. The van der Waals surface area contributed by atoms with Gasteiger partial charge in [-0.25, -0.2) is 0 Å². The second-order valence-corrected chi connectivity index (χ2v) is 23.2. The molecule has 0 spiro atoms. The molecule has 0 aliphatic carbocycles. The van der Waals surface area contributed by atoms with Crippen molar-refractivity contribution in [2.75, 3.05) is 13.2 Å². The number of hydrogen-bond acceptors (Lipinski definition) is 6. The van der Waals surface area contributed by atoms with Crippen molar-refractivity contribution in [1.82, 2.24) is 0 Å². The van der Waals surface area contributed by atoms with E-state index < -0.39 is 6.10 Å². The summed E-state index contributed by atoms with van der Waals surface area (Å²) in [6.45, 7) is 13.8. The number of carbonyl (C=O) groups is 3. The quantitative estimate of drug-likeness (QED) is 0.0343. The van der Waals surface area contributed by atoms with E-state index in [2.05, 4.69) is 41.5 Å². The minimum absolute atomic E-state index is 0.0630. The summed E-state index contributed by atoms with van der Waals surface area (Å²) in [5, 5.41) is 0. The molecular formula is C64H124O6. The Morgan fingerprint density at radius 1 is 0.286 bits per heavy atom. The first kappa shape index (κ1) is 68.4. The third-order valence-electron chi connectivity index (χ3n) is 15.0. The van der Waals surface area contributed by atoms with E-state index in [-0.39, 0.29) is 31.1 Å². The molecule has 2 atom stereocenters. The van der Waals surface area contributed by atoms with Gasteiger partial charge in [0.05, 0.1) is 0 Å². The van der Waals surface area contributed by atoms with Crippen LogP contribution in [0.2, 0.25) is 0 Å². The van der Waals surface area contributed by atoms with E-state index in [4.69, 9.17) is 14.2 Å². The monoisotopic (exact) mass is 989 g/mol. The molecule has 0 aromatic heterocycles. The molecule has 0 radical (unpaired) electrons. The maximum absolute atomic E-state index is 12.9. The predicted octanol–water partition coefficient (Wildman–Crippen LogP) is 21.1. The molecule has 70 heavy (non-hydrogen) atoms. The Labute approximate surface area is 438 Å². The summed E-state index contributed by atoms with van der Waals surface area (Å²) in [7, 11) is 0. The standard InChI is InChI=1S/C64H124O6/c1-7-60(6)52-46-40-34-28-21-17-12-10-8-9-11-13-18-22-29-35-41-47-53-62(65)68-56-61(70-64(67)55-49-43-37-31-25-24-27-33-39-45-51-59(4)5)57-69-63(66)54-48-42-36-30-23-19-15-14-16-20-26-32-38-44-50-58(2)3/h58-61H,7-57H2,1-6H3/t60?,61-/m1/s1. The van der Waals surface area contributed by atoms with Crippen LogP contribution in [-0.2, 0) is 28.6 Å². The van der Waals surface area contributed by atoms with Crippen LogP contribution < -0.4 is 0 Å². The Balaban J connectivity index is 4.23. The first-order chi connectivity index (χ1) is 34.1. The highest BCUT2D eigenvalue weighted by Crippen LogP contribution is 2.19. The molecule has 0 fully saturated rings. The summed E-state index contributed by atoms with van der Waals surface area (Å²) in [6, 6.07) is 0. The van der Waals surface area contributed by atoms with Crippen molar-refractivity contribution in [3.05, 3.63) is 0 Å². The minimum atomic E-state index is -0.764. The Kier molecular flexibility index (Phi) is 53.9. The zero-order valence-electron chi connectivity index (χ0n) is 48.3. The van der Waals surface area contributed by atoms with Gasteiger partial charge in [0.15, 0.2) is 6.10 Å². The molecule has 0 N–H and O–H groups in total. The van der Waals surface area contributed by atoms with Crippen LogP contribution in [0, 0.1) is 17.8 Å². The summed E-state index contributed by atoms with van der Waals surface area (Å²) >= 11 is 0. The van der Waals surface area contributed by atoms with E-state index in [0.717, 1.165) is 75.5 Å². The fourth-order valence-corrected chi connectivity index (χ4v) is 9.85. The van der Waals surface area contributed by atoms with Crippen LogP contribution in [0.25, 0.3) is 0 Å². The van der Waals surface area contributed by atoms with Gasteiger partial charge in [0, 0.05) is 19.3 Å². The molecule has 0 bridgehead atoms. The van der Waals surface area contributed by atoms with Crippen molar-refractivity contribution in [2.24, 2.45) is 17.8 Å². The van der Waals surface area contributed by atoms with Crippen LogP contribution in [0.3, 0.4) is 0 Å². The van der Waals surface area contributed by atoms with Gasteiger partial charge in [0.1, 0.15) is 13.2 Å². The SMILES string of the molecule is CCC(C)CCCCCCCCCCCCCCCCCCCCC(=O)OC[C@H](COC(=O)CCCCCCCCCCCCCCCCC(C)C)OC(=O)CCCCCCCCCCCCC(C)C. The van der Waals surface area contributed by atoms with Gasteiger partial charge < -0.3 is 14.2 Å². The molecule has 0 rings (SSSR count). The first-order valence-corrected chi connectivity index (χ1v) is 31.6. The zero-order chi connectivity index (χ0) is 51.2. The second kappa shape index (κ2) is 55.2. The Morgan fingerprint density at radius 2 is 0.500 bits per heavy atom. The molecule has 0 aromatic carbocycles. The summed E-state index contributed by atoms with van der Waals surface area (Å²) in [6.07, 6.45) is 59.6. The van der Waals surface area contributed by atoms with Gasteiger partial charge in [-0.05, 0) is 37.0 Å². The maximum atomic E-state index is 12.9. The molecule has 1 unspecified atom stereocenters. The first-order valence-electron chi connectivity index (χ1n) is 31.6. The molecule has 6 nitrogen and oxygen atoms in total. The highest BCUT2D eigenvalue weighted by Gasteiger charge is 2.19. The lowest BCUT2D eigenvalue weighted by atomic mass is 9.99. The number of carbonyl (C=O) groups excluding carboxylic acids is 3. The lowest BCUT2D eigenvalue weighted by Gasteiger charge is -2.18. The molecule has 0 saturated carbocycles. The molecule has 416 valence electrons. The van der Waals surface area contributed by atoms with Crippen LogP contribution in [0.4, 0.5) is 0 Å². The Bertz CT molecular complexity index is 1090. The summed E-state index contributed by atoms with van der Waals surface area (Å²) in [5.41, 5.74) is 0. The fraction of sp³-hybridized carbons (Fsp3) is 0.953. The number of ether oxygens (including phenoxy) is 3. The van der Waals surface area contributed by atoms with Gasteiger partial charge in [-0.2, -0.15) is 0 Å². The van der Waals surface area contributed by atoms with Crippen LogP contribution in [0.1, 0.15) is 356 Å². The van der Waals surface area contributed by atoms with E-state index in [1.165, 1.54) is 238 Å². The molecule has 0 aromatic rings. The van der Waals surface area contributed by atoms with Gasteiger partial charge in [-0.3, -0.25) is 14.4 Å². The highest BCUT2D eigenvalue weighted by molar-refractivity contribution is 5.71. The summed E-state index contributed by atoms with van der Waals surface area (Å²) < 4.78 is 16.9. The van der Waals surface area contributed by atoms with Crippen molar-refractivity contribution >= 4 is 17.9 Å². The van der Waals surface area contributed by atoms with Crippen LogP contribution in [-0.4, -0.2) is 37.2 Å². The number of hydrogen-bond donors (Lipinski definition) is 0. The van der Waals surface area contributed by atoms with E-state index >= 15 is 0 Å². The second-order valence-electron chi connectivity index (χ2n) is 23.2. The molecule has 0 aliphatic rings.